The van der Waals surface area contributed by atoms with Crippen molar-refractivity contribution in [1.82, 2.24) is 14.2 Å². The Morgan fingerprint density at radius 1 is 1.00 bits per heavy atom. The van der Waals surface area contributed by atoms with Crippen molar-refractivity contribution >= 4 is 49.2 Å². The zero-order chi connectivity index (χ0) is 23.7. The van der Waals surface area contributed by atoms with Gasteiger partial charge in [0.05, 0.1) is 20.9 Å². The maximum Gasteiger partial charge on any atom is 0.245 e. The summed E-state index contributed by atoms with van der Waals surface area (Å²) in [5.41, 5.74) is 2.68. The summed E-state index contributed by atoms with van der Waals surface area (Å²) < 4.78 is 30.4. The van der Waals surface area contributed by atoms with Gasteiger partial charge >= 0.3 is 0 Å². The predicted octanol–water partition coefficient (Wildman–Crippen LogP) is 4.93. The van der Waals surface area contributed by atoms with Crippen LogP contribution in [-0.4, -0.2) is 47.4 Å². The highest BCUT2D eigenvalue weighted by Gasteiger charge is 2.43. The monoisotopic (exact) mass is 509 g/mol. The highest BCUT2D eigenvalue weighted by atomic mass is 32.2. The summed E-state index contributed by atoms with van der Waals surface area (Å²) in [5.74, 6) is 0.0846. The number of hydrogen-bond donors (Lipinski definition) is 0. The van der Waals surface area contributed by atoms with Crippen LogP contribution in [0.4, 0.5) is 0 Å². The number of aryl methyl sites for hydroxylation is 1. The molecule has 1 aromatic heterocycles. The number of hydrogen-bond acceptors (Lipinski definition) is 6. The summed E-state index contributed by atoms with van der Waals surface area (Å²) in [5, 5.41) is 0. The molecule has 5 rings (SSSR count). The van der Waals surface area contributed by atoms with Gasteiger partial charge in [0, 0.05) is 13.1 Å². The zero-order valence-corrected chi connectivity index (χ0v) is 20.9. The van der Waals surface area contributed by atoms with E-state index in [4.69, 9.17) is 0 Å². The SMILES string of the molecule is Cc1ccc(S(=O)(=O)N2CCN(C(=O)CSc3nc4ccccc4s3)C2c2ccccc2)cc1. The summed E-state index contributed by atoms with van der Waals surface area (Å²) in [6.45, 7) is 2.50. The average molecular weight is 510 g/mol. The van der Waals surface area contributed by atoms with Crippen LogP contribution in [0.3, 0.4) is 0 Å². The summed E-state index contributed by atoms with van der Waals surface area (Å²) >= 11 is 2.95. The fourth-order valence-electron chi connectivity index (χ4n) is 4.06. The van der Waals surface area contributed by atoms with Crippen LogP contribution in [0.1, 0.15) is 17.3 Å². The lowest BCUT2D eigenvalue weighted by atomic mass is 10.1. The molecule has 1 atom stereocenters. The maximum absolute atomic E-state index is 13.6. The molecule has 1 aliphatic heterocycles. The van der Waals surface area contributed by atoms with Crippen LogP contribution in [0.2, 0.25) is 0 Å². The highest BCUT2D eigenvalue weighted by Crippen LogP contribution is 2.36. The van der Waals surface area contributed by atoms with Crippen LogP contribution in [0.5, 0.6) is 0 Å². The molecule has 0 radical (unpaired) electrons. The van der Waals surface area contributed by atoms with E-state index in [-0.39, 0.29) is 23.1 Å². The van der Waals surface area contributed by atoms with E-state index in [0.717, 1.165) is 25.7 Å². The molecule has 174 valence electrons. The molecule has 6 nitrogen and oxygen atoms in total. The van der Waals surface area contributed by atoms with E-state index >= 15 is 0 Å². The van der Waals surface area contributed by atoms with Crippen LogP contribution in [0, 0.1) is 6.92 Å². The Morgan fingerprint density at radius 2 is 1.71 bits per heavy atom. The predicted molar refractivity (Wildman–Crippen MR) is 136 cm³/mol. The smallest absolute Gasteiger partial charge is 0.245 e. The van der Waals surface area contributed by atoms with Gasteiger partial charge in [-0.25, -0.2) is 13.4 Å². The van der Waals surface area contributed by atoms with Gasteiger partial charge in [0.25, 0.3) is 0 Å². The molecule has 1 aliphatic rings. The molecular weight excluding hydrogens is 486 g/mol. The van der Waals surface area contributed by atoms with Gasteiger partial charge in [-0.1, -0.05) is 71.9 Å². The molecular formula is C25H23N3O3S3. The first-order valence-corrected chi connectivity index (χ1v) is 14.1. The van der Waals surface area contributed by atoms with Crippen LogP contribution >= 0.6 is 23.1 Å². The molecule has 2 heterocycles. The van der Waals surface area contributed by atoms with E-state index < -0.39 is 16.2 Å². The van der Waals surface area contributed by atoms with Crippen LogP contribution in [0.25, 0.3) is 10.2 Å². The average Bonchev–Trinajstić information content (AvgIpc) is 3.48. The van der Waals surface area contributed by atoms with Crippen molar-refractivity contribution in [3.8, 4) is 0 Å². The standard InChI is InChI=1S/C25H23N3O3S3/c1-18-11-13-20(14-12-18)34(30,31)28-16-15-27(24(28)19-7-3-2-4-8-19)23(29)17-32-25-26-21-9-5-6-10-22(21)33-25/h2-14,24H,15-17H2,1H3. The van der Waals surface area contributed by atoms with Crippen molar-refractivity contribution in [3.05, 3.63) is 90.0 Å². The van der Waals surface area contributed by atoms with Crippen molar-refractivity contribution in [3.63, 3.8) is 0 Å². The first kappa shape index (κ1) is 23.0. The van der Waals surface area contributed by atoms with E-state index in [1.165, 1.54) is 16.1 Å². The molecule has 1 fully saturated rings. The number of thioether (sulfide) groups is 1. The molecule has 1 unspecified atom stereocenters. The van der Waals surface area contributed by atoms with E-state index in [1.807, 2.05) is 61.5 Å². The molecule has 0 bridgehead atoms. The third kappa shape index (κ3) is 4.48. The quantitative estimate of drug-likeness (QED) is 0.345. The number of carbonyl (C=O) groups excluding carboxylic acids is 1. The molecule has 0 saturated carbocycles. The van der Waals surface area contributed by atoms with Crippen molar-refractivity contribution in [2.45, 2.75) is 22.3 Å². The van der Waals surface area contributed by atoms with Gasteiger partial charge in [-0.2, -0.15) is 4.31 Å². The first-order valence-electron chi connectivity index (χ1n) is 10.8. The second-order valence-electron chi connectivity index (χ2n) is 8.04. The lowest BCUT2D eigenvalue weighted by Gasteiger charge is -2.30. The lowest BCUT2D eigenvalue weighted by molar-refractivity contribution is -0.130. The van der Waals surface area contributed by atoms with E-state index in [9.17, 15) is 13.2 Å². The minimum atomic E-state index is -3.78. The molecule has 1 amide bonds. The Kier molecular flexibility index (Phi) is 6.44. The number of carbonyl (C=O) groups is 1. The topological polar surface area (TPSA) is 70.6 Å². The molecule has 3 aromatic carbocycles. The number of rotatable bonds is 6. The van der Waals surface area contributed by atoms with Gasteiger partial charge in [0.1, 0.15) is 6.17 Å². The highest BCUT2D eigenvalue weighted by molar-refractivity contribution is 8.01. The minimum absolute atomic E-state index is 0.111. The zero-order valence-electron chi connectivity index (χ0n) is 18.5. The Labute approximate surface area is 207 Å². The van der Waals surface area contributed by atoms with Crippen LogP contribution < -0.4 is 0 Å². The Balaban J connectivity index is 1.41. The number of amides is 1. The molecule has 4 aromatic rings. The van der Waals surface area contributed by atoms with Crippen molar-refractivity contribution in [2.75, 3.05) is 18.8 Å². The minimum Gasteiger partial charge on any atom is -0.320 e. The third-order valence-electron chi connectivity index (χ3n) is 5.77. The maximum atomic E-state index is 13.6. The van der Waals surface area contributed by atoms with Gasteiger partial charge in [0.15, 0.2) is 4.34 Å². The summed E-state index contributed by atoms with van der Waals surface area (Å²) in [4.78, 5) is 19.8. The van der Waals surface area contributed by atoms with Gasteiger partial charge in [-0.15, -0.1) is 11.3 Å². The molecule has 0 aliphatic carbocycles. The van der Waals surface area contributed by atoms with Crippen molar-refractivity contribution < 1.29 is 13.2 Å². The summed E-state index contributed by atoms with van der Waals surface area (Å²) in [6.07, 6.45) is -0.684. The second kappa shape index (κ2) is 9.50. The van der Waals surface area contributed by atoms with Crippen LogP contribution in [-0.2, 0) is 14.8 Å². The van der Waals surface area contributed by atoms with E-state index in [0.29, 0.717) is 6.54 Å². The number of aromatic nitrogens is 1. The van der Waals surface area contributed by atoms with Crippen molar-refractivity contribution in [1.29, 1.82) is 0 Å². The second-order valence-corrected chi connectivity index (χ2v) is 12.2. The number of sulfonamides is 1. The number of thiazole rings is 1. The largest absolute Gasteiger partial charge is 0.320 e. The Hall–Kier alpha value is -2.72. The van der Waals surface area contributed by atoms with Crippen molar-refractivity contribution in [2.24, 2.45) is 0 Å². The molecule has 0 N–H and O–H groups in total. The fourth-order valence-corrected chi connectivity index (χ4v) is 7.58. The number of para-hydroxylation sites is 1. The normalized spacial score (nSPS) is 16.9. The fraction of sp³-hybridized carbons (Fsp3) is 0.200. The Bertz CT molecular complexity index is 1390. The first-order chi connectivity index (χ1) is 16.4. The van der Waals surface area contributed by atoms with E-state index in [2.05, 4.69) is 4.98 Å². The number of fused-ring (bicyclic) bond motifs is 1. The summed E-state index contributed by atoms with van der Waals surface area (Å²) in [6, 6.07) is 24.1. The molecule has 34 heavy (non-hydrogen) atoms. The molecule has 0 spiro atoms. The van der Waals surface area contributed by atoms with E-state index in [1.54, 1.807) is 40.5 Å². The third-order valence-corrected chi connectivity index (χ3v) is 9.80. The Morgan fingerprint density at radius 3 is 2.44 bits per heavy atom. The number of nitrogens with zero attached hydrogens (tertiary/aromatic N) is 3. The number of benzene rings is 3. The van der Waals surface area contributed by atoms with Gasteiger partial charge in [0.2, 0.25) is 15.9 Å². The molecule has 9 heteroatoms. The van der Waals surface area contributed by atoms with Crippen LogP contribution in [0.15, 0.2) is 88.1 Å². The summed E-state index contributed by atoms with van der Waals surface area (Å²) in [7, 11) is -3.78. The lowest BCUT2D eigenvalue weighted by Crippen LogP contribution is -2.38. The van der Waals surface area contributed by atoms with Gasteiger partial charge < -0.3 is 4.90 Å². The molecule has 1 saturated heterocycles. The van der Waals surface area contributed by atoms with Gasteiger partial charge in [-0.3, -0.25) is 4.79 Å². The van der Waals surface area contributed by atoms with Gasteiger partial charge in [-0.05, 0) is 36.8 Å².